The van der Waals surface area contributed by atoms with Crippen molar-refractivity contribution in [3.8, 4) is 17.3 Å². The van der Waals surface area contributed by atoms with E-state index >= 15 is 0 Å². The highest BCUT2D eigenvalue weighted by atomic mass is 35.5. The van der Waals surface area contributed by atoms with Crippen LogP contribution in [-0.4, -0.2) is 61.3 Å². The number of hydrogen-bond acceptors (Lipinski definition) is 7. The number of pyridine rings is 2. The van der Waals surface area contributed by atoms with Crippen LogP contribution in [0.3, 0.4) is 0 Å². The minimum absolute atomic E-state index is 0.00839. The number of aryl methyl sites for hydroxylation is 3. The van der Waals surface area contributed by atoms with Crippen molar-refractivity contribution in [3.63, 3.8) is 0 Å². The van der Waals surface area contributed by atoms with Gasteiger partial charge in [-0.05, 0) is 50.3 Å². The van der Waals surface area contributed by atoms with Crippen molar-refractivity contribution in [1.29, 1.82) is 0 Å². The maximum atomic E-state index is 13.4. The van der Waals surface area contributed by atoms with E-state index in [1.165, 1.54) is 20.4 Å². The molecule has 2 atom stereocenters. The lowest BCUT2D eigenvalue weighted by Gasteiger charge is -2.36. The summed E-state index contributed by atoms with van der Waals surface area (Å²) in [6.07, 6.45) is -0.960. The van der Waals surface area contributed by atoms with Crippen LogP contribution in [0.1, 0.15) is 48.3 Å². The molecule has 3 aromatic heterocycles. The second kappa shape index (κ2) is 9.40. The van der Waals surface area contributed by atoms with Crippen molar-refractivity contribution in [3.05, 3.63) is 46.0 Å². The minimum Gasteiger partial charge on any atom is -0.481 e. The van der Waals surface area contributed by atoms with Crippen LogP contribution >= 0.6 is 11.6 Å². The molecule has 0 bridgehead atoms. The summed E-state index contributed by atoms with van der Waals surface area (Å²) in [5, 5.41) is 7.92. The molecule has 2 aliphatic heterocycles. The van der Waals surface area contributed by atoms with Gasteiger partial charge >= 0.3 is 6.18 Å². The number of anilines is 1. The van der Waals surface area contributed by atoms with E-state index < -0.39 is 17.9 Å². The lowest BCUT2D eigenvalue weighted by Crippen LogP contribution is -2.46. The molecule has 202 valence electrons. The number of ether oxygens (including phenoxy) is 1. The predicted molar refractivity (Wildman–Crippen MR) is 134 cm³/mol. The smallest absolute Gasteiger partial charge is 0.451 e. The molecule has 1 N–H and O–H groups in total. The second-order valence-electron chi connectivity index (χ2n) is 9.89. The standard InChI is InChI=1S/C25H27ClF3N7O2/c1-13(16-10-19(38-4)30-11-18(16)26)22(37)36-8-7-24(12-36)6-5-15-9-17(14(2)31-20(15)33-24)21-32-23(25(27,28)29)35(3)34-21/h9-11,13H,5-8,12H2,1-4H3,(H,31,33)/t13-,24-/m1/s1. The number of hydrogen-bond donors (Lipinski definition) is 1. The van der Waals surface area contributed by atoms with E-state index in [1.807, 2.05) is 17.9 Å². The van der Waals surface area contributed by atoms with Gasteiger partial charge in [0.05, 0.1) is 29.3 Å². The first kappa shape index (κ1) is 26.2. The molecule has 0 aliphatic carbocycles. The van der Waals surface area contributed by atoms with Crippen LogP contribution in [0.25, 0.3) is 11.4 Å². The van der Waals surface area contributed by atoms with E-state index in [0.29, 0.717) is 53.1 Å². The number of nitrogens with one attached hydrogen (secondary N) is 1. The van der Waals surface area contributed by atoms with Gasteiger partial charge in [0, 0.05) is 38.0 Å². The van der Waals surface area contributed by atoms with Gasteiger partial charge in [-0.3, -0.25) is 4.79 Å². The minimum atomic E-state index is -4.60. The zero-order valence-corrected chi connectivity index (χ0v) is 22.1. The Morgan fingerprint density at radius 2 is 2.03 bits per heavy atom. The Kier molecular flexibility index (Phi) is 6.49. The molecule has 9 nitrogen and oxygen atoms in total. The third kappa shape index (κ3) is 4.65. The Hall–Kier alpha value is -3.41. The van der Waals surface area contributed by atoms with Crippen LogP contribution in [0, 0.1) is 6.92 Å². The highest BCUT2D eigenvalue weighted by Gasteiger charge is 2.44. The summed E-state index contributed by atoms with van der Waals surface area (Å²) < 4.78 is 45.6. The first-order valence-electron chi connectivity index (χ1n) is 12.2. The SMILES string of the molecule is COc1cc([C@@H](C)C(=O)N2CC[C@]3(CCc4cc(-c5nc(C(F)(F)F)n(C)n5)c(C)nc4N3)C2)c(Cl)cn1. The van der Waals surface area contributed by atoms with E-state index in [-0.39, 0.29) is 17.3 Å². The molecule has 5 heterocycles. The summed E-state index contributed by atoms with van der Waals surface area (Å²) in [5.74, 6) is -0.506. The molecule has 1 amide bonds. The molecule has 0 aromatic carbocycles. The number of carbonyl (C=O) groups excluding carboxylic acids is 1. The van der Waals surface area contributed by atoms with Crippen molar-refractivity contribution in [1.82, 2.24) is 29.6 Å². The molecule has 0 saturated carbocycles. The van der Waals surface area contributed by atoms with Crippen LogP contribution < -0.4 is 10.1 Å². The third-order valence-electron chi connectivity index (χ3n) is 7.38. The van der Waals surface area contributed by atoms with Gasteiger partial charge in [0.2, 0.25) is 17.6 Å². The third-order valence-corrected chi connectivity index (χ3v) is 7.69. The van der Waals surface area contributed by atoms with E-state index in [4.69, 9.17) is 16.3 Å². The Balaban J connectivity index is 1.34. The van der Waals surface area contributed by atoms with E-state index in [9.17, 15) is 18.0 Å². The number of rotatable bonds is 4. The first-order chi connectivity index (χ1) is 17.9. The molecule has 2 aliphatic rings. The van der Waals surface area contributed by atoms with E-state index in [2.05, 4.69) is 25.4 Å². The molecule has 5 rings (SSSR count). The van der Waals surface area contributed by atoms with Crippen molar-refractivity contribution < 1.29 is 22.7 Å². The molecule has 1 spiro atoms. The van der Waals surface area contributed by atoms with Crippen LogP contribution in [0.4, 0.5) is 19.0 Å². The lowest BCUT2D eigenvalue weighted by atomic mass is 9.86. The molecule has 3 aromatic rings. The first-order valence-corrected chi connectivity index (χ1v) is 12.5. The van der Waals surface area contributed by atoms with Crippen LogP contribution in [0.15, 0.2) is 18.3 Å². The Bertz CT molecular complexity index is 1410. The quantitative estimate of drug-likeness (QED) is 0.515. The molecule has 0 unspecified atom stereocenters. The van der Waals surface area contributed by atoms with Gasteiger partial charge in [0.25, 0.3) is 0 Å². The van der Waals surface area contributed by atoms with Crippen LogP contribution in [-0.2, 0) is 24.4 Å². The largest absolute Gasteiger partial charge is 0.481 e. The van der Waals surface area contributed by atoms with Crippen LogP contribution in [0.2, 0.25) is 5.02 Å². The molecular formula is C25H27ClF3N7O2. The maximum absolute atomic E-state index is 13.4. The number of nitrogens with zero attached hydrogens (tertiary/aromatic N) is 6. The summed E-state index contributed by atoms with van der Waals surface area (Å²) in [6.45, 7) is 4.64. The molecule has 13 heteroatoms. The Labute approximate surface area is 222 Å². The van der Waals surface area contributed by atoms with Gasteiger partial charge in [-0.15, -0.1) is 0 Å². The van der Waals surface area contributed by atoms with Crippen molar-refractivity contribution >= 4 is 23.3 Å². The average Bonchev–Trinajstić information content (AvgIpc) is 3.46. The maximum Gasteiger partial charge on any atom is 0.451 e. The number of amides is 1. The van der Waals surface area contributed by atoms with E-state index in [1.54, 1.807) is 13.0 Å². The molecule has 1 fully saturated rings. The fourth-order valence-corrected chi connectivity index (χ4v) is 5.52. The van der Waals surface area contributed by atoms with Gasteiger partial charge < -0.3 is 15.0 Å². The summed E-state index contributed by atoms with van der Waals surface area (Å²) in [7, 11) is 2.73. The van der Waals surface area contributed by atoms with Gasteiger partial charge in [0.15, 0.2) is 5.82 Å². The van der Waals surface area contributed by atoms with E-state index in [0.717, 1.165) is 23.1 Å². The summed E-state index contributed by atoms with van der Waals surface area (Å²) in [4.78, 5) is 27.7. The average molecular weight is 550 g/mol. The molecule has 1 saturated heterocycles. The number of halogens is 4. The lowest BCUT2D eigenvalue weighted by molar-refractivity contribution is -0.147. The number of methoxy groups -OCH3 is 1. The number of alkyl halides is 3. The van der Waals surface area contributed by atoms with Gasteiger partial charge in [-0.2, -0.15) is 18.3 Å². The van der Waals surface area contributed by atoms with Crippen molar-refractivity contribution in [2.45, 2.75) is 50.7 Å². The molecule has 38 heavy (non-hydrogen) atoms. The summed E-state index contributed by atoms with van der Waals surface area (Å²) in [6, 6.07) is 3.50. The van der Waals surface area contributed by atoms with Gasteiger partial charge in [-0.1, -0.05) is 11.6 Å². The Morgan fingerprint density at radius 3 is 2.71 bits per heavy atom. The fourth-order valence-electron chi connectivity index (χ4n) is 5.26. The second-order valence-corrected chi connectivity index (χ2v) is 10.3. The zero-order valence-electron chi connectivity index (χ0n) is 21.4. The zero-order chi connectivity index (χ0) is 27.4. The normalized spacial score (nSPS) is 19.8. The topological polar surface area (TPSA) is 98.1 Å². The highest BCUT2D eigenvalue weighted by molar-refractivity contribution is 6.31. The van der Waals surface area contributed by atoms with Crippen LogP contribution in [0.5, 0.6) is 5.88 Å². The number of carbonyl (C=O) groups is 1. The molecule has 0 radical (unpaired) electrons. The monoisotopic (exact) mass is 549 g/mol. The highest BCUT2D eigenvalue weighted by Crippen LogP contribution is 2.39. The summed E-state index contributed by atoms with van der Waals surface area (Å²) in [5.41, 5.74) is 2.19. The van der Waals surface area contributed by atoms with Gasteiger partial charge in [-0.25, -0.2) is 19.6 Å². The summed E-state index contributed by atoms with van der Waals surface area (Å²) >= 11 is 6.33. The Morgan fingerprint density at radius 1 is 1.26 bits per heavy atom. The number of aromatic nitrogens is 5. The van der Waals surface area contributed by atoms with Gasteiger partial charge in [0.1, 0.15) is 5.82 Å². The van der Waals surface area contributed by atoms with Crippen molar-refractivity contribution in [2.24, 2.45) is 7.05 Å². The fraction of sp³-hybridized carbons (Fsp3) is 0.480. The number of fused-ring (bicyclic) bond motifs is 1. The predicted octanol–water partition coefficient (Wildman–Crippen LogP) is 4.39. The van der Waals surface area contributed by atoms with Crippen molar-refractivity contribution in [2.75, 3.05) is 25.5 Å². The number of likely N-dealkylation sites (tertiary alicyclic amines) is 1. The molecular weight excluding hydrogens is 523 g/mol.